The summed E-state index contributed by atoms with van der Waals surface area (Å²) in [6.07, 6.45) is 4.93. The summed E-state index contributed by atoms with van der Waals surface area (Å²) in [5.41, 5.74) is 0.958. The molecule has 2 rings (SSSR count). The average molecular weight is 292 g/mol. The maximum atomic E-state index is 5.64. The van der Waals surface area contributed by atoms with Gasteiger partial charge < -0.3 is 15.0 Å². The van der Waals surface area contributed by atoms with E-state index >= 15 is 0 Å². The summed E-state index contributed by atoms with van der Waals surface area (Å²) in [5.74, 6) is 0.863. The minimum Gasteiger partial charge on any atom is -0.492 e. The van der Waals surface area contributed by atoms with E-state index in [1.807, 2.05) is 31.2 Å². The number of ether oxygens (including phenoxy) is 1. The molecule has 0 aromatic heterocycles. The Labute approximate surface area is 127 Å². The molecule has 0 amide bonds. The van der Waals surface area contributed by atoms with Crippen LogP contribution in [-0.2, 0) is 0 Å². The third-order valence-corrected chi connectivity index (χ3v) is 4.12. The van der Waals surface area contributed by atoms with Crippen LogP contribution in [0.15, 0.2) is 24.3 Å². The van der Waals surface area contributed by atoms with Gasteiger partial charge in [0.25, 0.3) is 0 Å². The highest BCUT2D eigenvalue weighted by Crippen LogP contribution is 2.26. The Morgan fingerprint density at radius 1 is 1.35 bits per heavy atom. The van der Waals surface area contributed by atoms with Gasteiger partial charge in [-0.2, -0.15) is 0 Å². The summed E-state index contributed by atoms with van der Waals surface area (Å²) in [7, 11) is 0. The molecule has 1 saturated heterocycles. The van der Waals surface area contributed by atoms with Gasteiger partial charge in [-0.05, 0) is 57.0 Å². The number of hydrogen-bond donors (Lipinski definition) is 1. The SMILES string of the molecule is CCOc1ccccc1NC(=S)N1CCCCC1CC. The molecule has 4 heteroatoms. The first-order chi connectivity index (χ1) is 9.76. The van der Waals surface area contributed by atoms with E-state index in [9.17, 15) is 0 Å². The van der Waals surface area contributed by atoms with Crippen molar-refractivity contribution in [2.75, 3.05) is 18.5 Å². The van der Waals surface area contributed by atoms with E-state index in [1.54, 1.807) is 0 Å². The topological polar surface area (TPSA) is 24.5 Å². The molecule has 0 bridgehead atoms. The van der Waals surface area contributed by atoms with E-state index in [1.165, 1.54) is 19.3 Å². The lowest BCUT2D eigenvalue weighted by atomic mass is 10.0. The van der Waals surface area contributed by atoms with Crippen molar-refractivity contribution < 1.29 is 4.74 Å². The quantitative estimate of drug-likeness (QED) is 0.846. The highest BCUT2D eigenvalue weighted by molar-refractivity contribution is 7.80. The number of nitrogens with zero attached hydrogens (tertiary/aromatic N) is 1. The van der Waals surface area contributed by atoms with Crippen LogP contribution in [0, 0.1) is 0 Å². The number of benzene rings is 1. The molecule has 1 atom stereocenters. The van der Waals surface area contributed by atoms with E-state index in [0.29, 0.717) is 12.6 Å². The van der Waals surface area contributed by atoms with Crippen LogP contribution in [0.1, 0.15) is 39.5 Å². The molecule has 1 aliphatic rings. The van der Waals surface area contributed by atoms with E-state index in [4.69, 9.17) is 17.0 Å². The molecule has 0 saturated carbocycles. The third kappa shape index (κ3) is 3.63. The van der Waals surface area contributed by atoms with Crippen LogP contribution >= 0.6 is 12.2 Å². The molecule has 1 aromatic carbocycles. The van der Waals surface area contributed by atoms with Crippen LogP contribution < -0.4 is 10.1 Å². The van der Waals surface area contributed by atoms with Gasteiger partial charge in [-0.15, -0.1) is 0 Å². The highest BCUT2D eigenvalue weighted by Gasteiger charge is 2.23. The van der Waals surface area contributed by atoms with Gasteiger partial charge in [-0.1, -0.05) is 19.1 Å². The van der Waals surface area contributed by atoms with Crippen molar-refractivity contribution in [3.63, 3.8) is 0 Å². The summed E-state index contributed by atoms with van der Waals surface area (Å²) in [6, 6.07) is 8.54. The molecule has 1 heterocycles. The molecule has 20 heavy (non-hydrogen) atoms. The maximum Gasteiger partial charge on any atom is 0.173 e. The van der Waals surface area contributed by atoms with Gasteiger partial charge in [0.1, 0.15) is 5.75 Å². The first-order valence-corrected chi connectivity index (χ1v) is 7.96. The van der Waals surface area contributed by atoms with Crippen molar-refractivity contribution in [2.45, 2.75) is 45.6 Å². The van der Waals surface area contributed by atoms with Gasteiger partial charge in [0.15, 0.2) is 5.11 Å². The van der Waals surface area contributed by atoms with Gasteiger partial charge in [-0.25, -0.2) is 0 Å². The number of para-hydroxylation sites is 2. The number of likely N-dealkylation sites (tertiary alicyclic amines) is 1. The Balaban J connectivity index is 2.07. The highest BCUT2D eigenvalue weighted by atomic mass is 32.1. The molecular formula is C16H24N2OS. The zero-order chi connectivity index (χ0) is 14.4. The smallest absolute Gasteiger partial charge is 0.173 e. The minimum atomic E-state index is 0.572. The molecule has 110 valence electrons. The lowest BCUT2D eigenvalue weighted by Crippen LogP contribution is -2.45. The first kappa shape index (κ1) is 15.1. The molecule has 0 radical (unpaired) electrons. The second-order valence-corrected chi connectivity index (χ2v) is 5.50. The van der Waals surface area contributed by atoms with Gasteiger partial charge >= 0.3 is 0 Å². The average Bonchev–Trinajstić information content (AvgIpc) is 2.49. The summed E-state index contributed by atoms with van der Waals surface area (Å²) in [6.45, 7) is 5.94. The number of rotatable bonds is 4. The lowest BCUT2D eigenvalue weighted by Gasteiger charge is -2.37. The predicted molar refractivity (Wildman–Crippen MR) is 88.5 cm³/mol. The van der Waals surface area contributed by atoms with E-state index in [2.05, 4.69) is 17.1 Å². The van der Waals surface area contributed by atoms with Crippen LogP contribution in [0.5, 0.6) is 5.75 Å². The Morgan fingerprint density at radius 3 is 2.90 bits per heavy atom. The number of hydrogen-bond acceptors (Lipinski definition) is 2. The fraction of sp³-hybridized carbons (Fsp3) is 0.562. The summed E-state index contributed by atoms with van der Waals surface area (Å²) < 4.78 is 5.64. The molecule has 3 nitrogen and oxygen atoms in total. The summed E-state index contributed by atoms with van der Waals surface area (Å²) in [4.78, 5) is 2.33. The molecular weight excluding hydrogens is 268 g/mol. The molecule has 1 aromatic rings. The normalized spacial score (nSPS) is 18.7. The fourth-order valence-electron chi connectivity index (χ4n) is 2.73. The van der Waals surface area contributed by atoms with E-state index < -0.39 is 0 Å². The van der Waals surface area contributed by atoms with Crippen molar-refractivity contribution in [3.8, 4) is 5.75 Å². The second-order valence-electron chi connectivity index (χ2n) is 5.11. The predicted octanol–water partition coefficient (Wildman–Crippen LogP) is 4.05. The van der Waals surface area contributed by atoms with E-state index in [0.717, 1.165) is 29.5 Å². The summed E-state index contributed by atoms with van der Waals surface area (Å²) >= 11 is 5.60. The van der Waals surface area contributed by atoms with Crippen molar-refractivity contribution in [1.29, 1.82) is 0 Å². The molecule has 0 spiro atoms. The fourth-order valence-corrected chi connectivity index (χ4v) is 3.08. The standard InChI is InChI=1S/C16H24N2OS/c1-3-13-9-7-8-12-18(13)16(20)17-14-10-5-6-11-15(14)19-4-2/h5-6,10-11,13H,3-4,7-9,12H2,1-2H3,(H,17,20). The molecule has 0 aliphatic carbocycles. The lowest BCUT2D eigenvalue weighted by molar-refractivity contribution is 0.239. The van der Waals surface area contributed by atoms with Crippen molar-refractivity contribution in [3.05, 3.63) is 24.3 Å². The van der Waals surface area contributed by atoms with Crippen LogP contribution in [0.25, 0.3) is 0 Å². The zero-order valence-electron chi connectivity index (χ0n) is 12.4. The number of piperidine rings is 1. The first-order valence-electron chi connectivity index (χ1n) is 7.55. The van der Waals surface area contributed by atoms with Crippen LogP contribution in [-0.4, -0.2) is 29.2 Å². The van der Waals surface area contributed by atoms with Crippen LogP contribution in [0.3, 0.4) is 0 Å². The Kier molecular flexibility index (Phi) is 5.65. The Hall–Kier alpha value is -1.29. The van der Waals surface area contributed by atoms with Gasteiger partial charge in [0.2, 0.25) is 0 Å². The molecule has 1 aliphatic heterocycles. The largest absolute Gasteiger partial charge is 0.492 e. The van der Waals surface area contributed by atoms with Crippen molar-refractivity contribution in [2.24, 2.45) is 0 Å². The summed E-state index contributed by atoms with van der Waals surface area (Å²) in [5, 5.41) is 4.18. The van der Waals surface area contributed by atoms with Gasteiger partial charge in [-0.3, -0.25) is 0 Å². The minimum absolute atomic E-state index is 0.572. The van der Waals surface area contributed by atoms with Gasteiger partial charge in [0.05, 0.1) is 12.3 Å². The van der Waals surface area contributed by atoms with E-state index in [-0.39, 0.29) is 0 Å². The Bertz CT molecular complexity index is 450. The molecule has 1 N–H and O–H groups in total. The Morgan fingerprint density at radius 2 is 2.15 bits per heavy atom. The third-order valence-electron chi connectivity index (χ3n) is 3.79. The van der Waals surface area contributed by atoms with Gasteiger partial charge in [0, 0.05) is 12.6 Å². The zero-order valence-corrected chi connectivity index (χ0v) is 13.2. The number of anilines is 1. The molecule has 1 fully saturated rings. The van der Waals surface area contributed by atoms with Crippen molar-refractivity contribution in [1.82, 2.24) is 4.90 Å². The second kappa shape index (κ2) is 7.48. The number of nitrogens with one attached hydrogen (secondary N) is 1. The monoisotopic (exact) mass is 292 g/mol. The number of thiocarbonyl (C=S) groups is 1. The molecule has 1 unspecified atom stereocenters. The van der Waals surface area contributed by atoms with Crippen LogP contribution in [0.2, 0.25) is 0 Å². The maximum absolute atomic E-state index is 5.64. The van der Waals surface area contributed by atoms with Crippen LogP contribution in [0.4, 0.5) is 5.69 Å². The van der Waals surface area contributed by atoms with Crippen molar-refractivity contribution >= 4 is 23.0 Å².